The second kappa shape index (κ2) is 11.6. The van der Waals surface area contributed by atoms with Gasteiger partial charge in [0.25, 0.3) is 0 Å². The van der Waals surface area contributed by atoms with Crippen molar-refractivity contribution in [2.24, 2.45) is 0 Å². The normalized spacial score (nSPS) is 15.8. The maximum Gasteiger partial charge on any atom is 0.335 e. The van der Waals surface area contributed by atoms with Crippen molar-refractivity contribution in [3.8, 4) is 17.2 Å². The molecule has 3 aromatic carbocycles. The first-order valence-corrected chi connectivity index (χ1v) is 12.3. The summed E-state index contributed by atoms with van der Waals surface area (Å²) < 4.78 is 11.7. The maximum atomic E-state index is 11.5. The molecule has 7 heteroatoms. The van der Waals surface area contributed by atoms with Crippen LogP contribution in [0, 0.1) is 0 Å². The summed E-state index contributed by atoms with van der Waals surface area (Å²) in [6.07, 6.45) is 2.92. The molecule has 1 aliphatic rings. The number of aromatic carboxylic acids is 1. The number of hydrogen-bond acceptors (Lipinski definition) is 5. The topological polar surface area (TPSA) is 88.0 Å². The van der Waals surface area contributed by atoms with Gasteiger partial charge in [-0.1, -0.05) is 36.7 Å². The number of halogens is 1. The number of carboxylic acids is 1. The Morgan fingerprint density at radius 2 is 1.91 bits per heavy atom. The molecule has 0 heterocycles. The van der Waals surface area contributed by atoms with Gasteiger partial charge in [0, 0.05) is 23.7 Å². The number of benzene rings is 3. The van der Waals surface area contributed by atoms with Crippen LogP contribution in [0.3, 0.4) is 0 Å². The van der Waals surface area contributed by atoms with Crippen LogP contribution in [0.4, 0.5) is 0 Å². The number of ether oxygens (including phenoxy) is 2. The van der Waals surface area contributed by atoms with Crippen molar-refractivity contribution in [2.45, 2.75) is 44.8 Å². The third-order valence-electron chi connectivity index (χ3n) is 6.08. The molecule has 0 spiro atoms. The maximum absolute atomic E-state index is 11.5. The molecule has 0 saturated heterocycles. The lowest BCUT2D eigenvalue weighted by Gasteiger charge is -2.27. The first-order chi connectivity index (χ1) is 16.9. The predicted molar refractivity (Wildman–Crippen MR) is 136 cm³/mol. The summed E-state index contributed by atoms with van der Waals surface area (Å²) in [6, 6.07) is 18.2. The summed E-state index contributed by atoms with van der Waals surface area (Å²) >= 11 is 6.04. The highest BCUT2D eigenvalue weighted by molar-refractivity contribution is 6.30. The summed E-state index contributed by atoms with van der Waals surface area (Å²) in [6.45, 7) is 2.94. The van der Waals surface area contributed by atoms with E-state index in [-0.39, 0.29) is 11.6 Å². The molecule has 0 aliphatic heterocycles. The molecule has 0 amide bonds. The third kappa shape index (κ3) is 6.75. The Kier molecular flexibility index (Phi) is 8.29. The molecule has 3 aromatic rings. The number of aliphatic hydroxyl groups is 1. The standard InChI is InChI=1S/C28H30ClNO5/c1-2-10-34-25-14-21(28(32)33)15-26(16-25)35-24-9-7-18-6-8-23(12-20(18)13-24)30-17-27(31)19-4-3-5-22(29)11-19/h3-5,7,9,11,13-16,23,27,30-31H,2,6,8,10,12,17H2,1H3,(H,32,33)/t23-,27-/m0/s1. The summed E-state index contributed by atoms with van der Waals surface area (Å²) in [7, 11) is 0. The van der Waals surface area contributed by atoms with Crippen molar-refractivity contribution in [2.75, 3.05) is 13.2 Å². The molecule has 0 unspecified atom stereocenters. The van der Waals surface area contributed by atoms with Gasteiger partial charge in [-0.15, -0.1) is 0 Å². The quantitative estimate of drug-likeness (QED) is 0.329. The minimum atomic E-state index is -1.03. The Bertz CT molecular complexity index is 1180. The van der Waals surface area contributed by atoms with Crippen molar-refractivity contribution >= 4 is 17.6 Å². The number of carbonyl (C=O) groups is 1. The summed E-state index contributed by atoms with van der Waals surface area (Å²) in [5.74, 6) is 0.511. The minimum absolute atomic E-state index is 0.120. The Morgan fingerprint density at radius 3 is 2.69 bits per heavy atom. The summed E-state index contributed by atoms with van der Waals surface area (Å²) in [4.78, 5) is 11.5. The Balaban J connectivity index is 1.42. The highest BCUT2D eigenvalue weighted by Crippen LogP contribution is 2.31. The Morgan fingerprint density at radius 1 is 1.09 bits per heavy atom. The van der Waals surface area contributed by atoms with Gasteiger partial charge in [-0.05, 0) is 78.8 Å². The van der Waals surface area contributed by atoms with E-state index < -0.39 is 12.1 Å². The fraction of sp³-hybridized carbons (Fsp3) is 0.321. The average Bonchev–Trinajstić information content (AvgIpc) is 2.85. The largest absolute Gasteiger partial charge is 0.493 e. The molecule has 6 nitrogen and oxygen atoms in total. The van der Waals surface area contributed by atoms with Crippen LogP contribution in [0.1, 0.15) is 52.9 Å². The van der Waals surface area contributed by atoms with Gasteiger partial charge in [-0.3, -0.25) is 0 Å². The lowest BCUT2D eigenvalue weighted by atomic mass is 9.88. The molecular weight excluding hydrogens is 466 g/mol. The van der Waals surface area contributed by atoms with Crippen LogP contribution >= 0.6 is 11.6 Å². The van der Waals surface area contributed by atoms with Gasteiger partial charge in [-0.25, -0.2) is 4.79 Å². The Hall–Kier alpha value is -3.06. The molecule has 2 atom stereocenters. The van der Waals surface area contributed by atoms with Crippen LogP contribution in [0.25, 0.3) is 0 Å². The van der Waals surface area contributed by atoms with Crippen LogP contribution in [0.15, 0.2) is 60.7 Å². The number of rotatable bonds is 10. The first-order valence-electron chi connectivity index (χ1n) is 11.9. The number of aliphatic hydroxyl groups excluding tert-OH is 1. The Labute approximate surface area is 210 Å². The van der Waals surface area contributed by atoms with Gasteiger partial charge >= 0.3 is 5.97 Å². The lowest BCUT2D eigenvalue weighted by molar-refractivity contribution is 0.0696. The van der Waals surface area contributed by atoms with Crippen molar-refractivity contribution in [3.63, 3.8) is 0 Å². The zero-order valence-corrected chi connectivity index (χ0v) is 20.4. The van der Waals surface area contributed by atoms with E-state index in [0.29, 0.717) is 35.4 Å². The number of aryl methyl sites for hydroxylation is 1. The van der Waals surface area contributed by atoms with Crippen LogP contribution < -0.4 is 14.8 Å². The van der Waals surface area contributed by atoms with E-state index in [9.17, 15) is 15.0 Å². The molecular formula is C28H30ClNO5. The van der Waals surface area contributed by atoms with E-state index in [1.165, 1.54) is 23.3 Å². The second-order valence-corrected chi connectivity index (χ2v) is 9.23. The predicted octanol–water partition coefficient (Wildman–Crippen LogP) is 5.80. The molecule has 184 valence electrons. The van der Waals surface area contributed by atoms with Gasteiger partial charge in [0.15, 0.2) is 0 Å². The number of fused-ring (bicyclic) bond motifs is 1. The van der Waals surface area contributed by atoms with Crippen molar-refractivity contribution in [3.05, 3.63) is 87.9 Å². The monoisotopic (exact) mass is 495 g/mol. The molecule has 0 fully saturated rings. The number of carboxylic acid groups (broad SMARTS) is 1. The van der Waals surface area contributed by atoms with E-state index in [2.05, 4.69) is 11.4 Å². The van der Waals surface area contributed by atoms with Crippen LogP contribution in [0.2, 0.25) is 5.02 Å². The van der Waals surface area contributed by atoms with Gasteiger partial charge in [0.1, 0.15) is 17.2 Å². The van der Waals surface area contributed by atoms with Crippen molar-refractivity contribution in [1.82, 2.24) is 5.32 Å². The lowest BCUT2D eigenvalue weighted by Crippen LogP contribution is -2.37. The fourth-order valence-corrected chi connectivity index (χ4v) is 4.47. The van der Waals surface area contributed by atoms with Gasteiger partial charge in [-0.2, -0.15) is 0 Å². The highest BCUT2D eigenvalue weighted by atomic mass is 35.5. The van der Waals surface area contributed by atoms with E-state index >= 15 is 0 Å². The molecule has 0 aromatic heterocycles. The van der Waals surface area contributed by atoms with Gasteiger partial charge in [0.2, 0.25) is 0 Å². The molecule has 0 bridgehead atoms. The molecule has 1 aliphatic carbocycles. The van der Waals surface area contributed by atoms with E-state index in [0.717, 1.165) is 31.2 Å². The summed E-state index contributed by atoms with van der Waals surface area (Å²) in [5, 5.41) is 24.1. The van der Waals surface area contributed by atoms with Crippen molar-refractivity contribution in [1.29, 1.82) is 0 Å². The average molecular weight is 496 g/mol. The second-order valence-electron chi connectivity index (χ2n) is 8.80. The summed E-state index contributed by atoms with van der Waals surface area (Å²) in [5.41, 5.74) is 3.37. The van der Waals surface area contributed by atoms with Crippen LogP contribution in [-0.2, 0) is 12.8 Å². The zero-order valence-electron chi connectivity index (χ0n) is 19.7. The smallest absolute Gasteiger partial charge is 0.335 e. The minimum Gasteiger partial charge on any atom is -0.493 e. The van der Waals surface area contributed by atoms with E-state index in [1.807, 2.05) is 31.2 Å². The van der Waals surface area contributed by atoms with Crippen LogP contribution in [-0.4, -0.2) is 35.4 Å². The van der Waals surface area contributed by atoms with Crippen molar-refractivity contribution < 1.29 is 24.5 Å². The van der Waals surface area contributed by atoms with E-state index in [1.54, 1.807) is 18.2 Å². The van der Waals surface area contributed by atoms with E-state index in [4.69, 9.17) is 21.1 Å². The van der Waals surface area contributed by atoms with Crippen LogP contribution in [0.5, 0.6) is 17.2 Å². The third-order valence-corrected chi connectivity index (χ3v) is 6.31. The number of hydrogen-bond donors (Lipinski definition) is 3. The molecule has 0 radical (unpaired) electrons. The molecule has 0 saturated carbocycles. The first kappa shape index (κ1) is 25.0. The molecule has 4 rings (SSSR count). The van der Waals surface area contributed by atoms with Gasteiger partial charge in [0.05, 0.1) is 18.3 Å². The molecule has 35 heavy (non-hydrogen) atoms. The SMILES string of the molecule is CCCOc1cc(Oc2ccc3c(c2)C[C@@H](NC[C@H](O)c2cccc(Cl)c2)CC3)cc(C(=O)O)c1. The number of nitrogens with one attached hydrogen (secondary N) is 1. The fourth-order valence-electron chi connectivity index (χ4n) is 4.27. The van der Waals surface area contributed by atoms with Gasteiger partial charge < -0.3 is 25.0 Å². The highest BCUT2D eigenvalue weighted by Gasteiger charge is 2.20. The zero-order chi connectivity index (χ0) is 24.8. The molecule has 3 N–H and O–H groups in total.